The summed E-state index contributed by atoms with van der Waals surface area (Å²) in [5, 5.41) is 0. The van der Waals surface area contributed by atoms with Gasteiger partial charge in [0.15, 0.2) is 23.1 Å². The first-order chi connectivity index (χ1) is 16.5. The summed E-state index contributed by atoms with van der Waals surface area (Å²) in [5.41, 5.74) is 4.44. The van der Waals surface area contributed by atoms with Gasteiger partial charge in [-0.25, -0.2) is 0 Å². The summed E-state index contributed by atoms with van der Waals surface area (Å²) >= 11 is 2.25. The molecular weight excluding hydrogens is 543 g/mol. The van der Waals surface area contributed by atoms with E-state index in [-0.39, 0.29) is 11.6 Å². The van der Waals surface area contributed by atoms with Crippen LogP contribution in [0.1, 0.15) is 61.1 Å². The molecule has 1 heterocycles. The Bertz CT molecular complexity index is 1180. The van der Waals surface area contributed by atoms with Gasteiger partial charge in [-0.15, -0.1) is 0 Å². The smallest absolute Gasteiger partial charge is 0.174 e. The highest BCUT2D eigenvalue weighted by Crippen LogP contribution is 2.49. The van der Waals surface area contributed by atoms with Gasteiger partial charge in [0.1, 0.15) is 18.1 Å². The Hall–Kier alpha value is -2.61. The number of rotatable bonds is 5. The van der Waals surface area contributed by atoms with Gasteiger partial charge in [0, 0.05) is 42.7 Å². The average Bonchev–Trinajstić information content (AvgIpc) is 2.83. The molecule has 0 radical (unpaired) electrons. The van der Waals surface area contributed by atoms with Crippen LogP contribution in [-0.2, 0) is 20.9 Å². The van der Waals surface area contributed by atoms with E-state index in [1.807, 2.05) is 12.1 Å². The Morgan fingerprint density at radius 2 is 1.56 bits per heavy atom. The van der Waals surface area contributed by atoms with Gasteiger partial charge >= 0.3 is 0 Å². The fraction of sp³-hybridized carbons (Fsp3) is 0.357. The lowest BCUT2D eigenvalue weighted by molar-refractivity contribution is -0.117. The minimum atomic E-state index is -0.409. The van der Waals surface area contributed by atoms with Gasteiger partial charge in [0.2, 0.25) is 0 Å². The van der Waals surface area contributed by atoms with Crippen molar-refractivity contribution in [2.45, 2.75) is 58.0 Å². The predicted octanol–water partition coefficient (Wildman–Crippen LogP) is 6.32. The topological polar surface area (TPSA) is 61.8 Å². The fourth-order valence-electron chi connectivity index (χ4n) is 5.04. The summed E-state index contributed by atoms with van der Waals surface area (Å²) in [6.45, 7) is 2.48. The highest BCUT2D eigenvalue weighted by molar-refractivity contribution is 14.1. The van der Waals surface area contributed by atoms with Crippen LogP contribution < -0.4 is 9.47 Å². The summed E-state index contributed by atoms with van der Waals surface area (Å²) < 4.78 is 18.9. The zero-order valence-electron chi connectivity index (χ0n) is 19.4. The molecule has 0 fully saturated rings. The first-order valence-electron chi connectivity index (χ1n) is 11.7. The van der Waals surface area contributed by atoms with Crippen molar-refractivity contribution >= 4 is 34.2 Å². The van der Waals surface area contributed by atoms with Crippen LogP contribution in [0.5, 0.6) is 11.5 Å². The third kappa shape index (κ3) is 4.28. The van der Waals surface area contributed by atoms with Crippen molar-refractivity contribution in [2.24, 2.45) is 0 Å². The highest BCUT2D eigenvalue weighted by atomic mass is 127. The SMILES string of the molecule is COc1cc(C2C3=C(CCCC3=O)OC3=C2C(=O)CCC3)cc(I)c1OCc1ccc(C)cc1. The standard InChI is InChI=1S/C28H27IO5/c1-16-9-11-17(12-10-16)15-33-28-19(29)13-18(14-24(28)32-2)25-26-20(30)5-3-7-22(26)34-23-8-4-6-21(31)27(23)25/h9-14,25H,3-8,15H2,1-2H3. The van der Waals surface area contributed by atoms with E-state index in [9.17, 15) is 9.59 Å². The van der Waals surface area contributed by atoms with Gasteiger partial charge in [-0.05, 0) is 65.6 Å². The Morgan fingerprint density at radius 1 is 0.941 bits per heavy atom. The lowest BCUT2D eigenvalue weighted by Gasteiger charge is -2.36. The number of hydrogen-bond acceptors (Lipinski definition) is 5. The molecule has 5 nitrogen and oxygen atoms in total. The lowest BCUT2D eigenvalue weighted by Crippen LogP contribution is -2.30. The Labute approximate surface area is 213 Å². The molecule has 1 aliphatic heterocycles. The van der Waals surface area contributed by atoms with Gasteiger partial charge in [-0.2, -0.15) is 0 Å². The normalized spacial score (nSPS) is 18.4. The molecule has 5 rings (SSSR count). The van der Waals surface area contributed by atoms with Crippen LogP contribution in [0.25, 0.3) is 0 Å². The van der Waals surface area contributed by atoms with Crippen molar-refractivity contribution in [3.63, 3.8) is 0 Å². The monoisotopic (exact) mass is 570 g/mol. The number of Topliss-reactive ketones (excluding diaryl/α,β-unsaturated/α-hetero) is 2. The molecule has 0 atom stereocenters. The molecule has 0 spiro atoms. The molecule has 6 heteroatoms. The average molecular weight is 570 g/mol. The number of allylic oxidation sites excluding steroid dienone is 4. The number of benzene rings is 2. The summed E-state index contributed by atoms with van der Waals surface area (Å²) in [6.07, 6.45) is 4.01. The molecular formula is C28H27IO5. The zero-order chi connectivity index (χ0) is 23.8. The second kappa shape index (κ2) is 9.56. The van der Waals surface area contributed by atoms with Crippen molar-refractivity contribution in [1.29, 1.82) is 0 Å². The van der Waals surface area contributed by atoms with Gasteiger partial charge in [0.25, 0.3) is 0 Å². The van der Waals surface area contributed by atoms with Crippen LogP contribution in [0.2, 0.25) is 0 Å². The highest BCUT2D eigenvalue weighted by Gasteiger charge is 2.42. The molecule has 0 N–H and O–H groups in total. The second-order valence-electron chi connectivity index (χ2n) is 9.07. The molecule has 2 aromatic rings. The van der Waals surface area contributed by atoms with Crippen LogP contribution in [0.3, 0.4) is 0 Å². The van der Waals surface area contributed by atoms with Crippen LogP contribution >= 0.6 is 22.6 Å². The fourth-order valence-corrected chi connectivity index (χ4v) is 5.82. The number of methoxy groups -OCH3 is 1. The van der Waals surface area contributed by atoms with E-state index < -0.39 is 5.92 Å². The maximum Gasteiger partial charge on any atom is 0.174 e. The number of carbonyl (C=O) groups is 2. The van der Waals surface area contributed by atoms with E-state index in [1.54, 1.807) is 7.11 Å². The quantitative estimate of drug-likeness (QED) is 0.394. The summed E-state index contributed by atoms with van der Waals surface area (Å²) in [5.74, 6) is 2.47. The largest absolute Gasteiger partial charge is 0.493 e. The van der Waals surface area contributed by atoms with Gasteiger partial charge in [-0.1, -0.05) is 29.8 Å². The van der Waals surface area contributed by atoms with Crippen molar-refractivity contribution < 1.29 is 23.8 Å². The molecule has 2 aliphatic carbocycles. The maximum absolute atomic E-state index is 13.1. The molecule has 3 aliphatic rings. The first kappa shape index (κ1) is 23.1. The Morgan fingerprint density at radius 3 is 2.15 bits per heavy atom. The van der Waals surface area contributed by atoms with E-state index in [0.717, 1.165) is 51.9 Å². The molecule has 0 unspecified atom stereocenters. The van der Waals surface area contributed by atoms with E-state index in [1.165, 1.54) is 5.56 Å². The minimum Gasteiger partial charge on any atom is -0.493 e. The van der Waals surface area contributed by atoms with E-state index in [4.69, 9.17) is 14.2 Å². The number of carbonyl (C=O) groups excluding carboxylic acids is 2. The van der Waals surface area contributed by atoms with Crippen LogP contribution in [-0.4, -0.2) is 18.7 Å². The molecule has 0 saturated heterocycles. The third-order valence-corrected chi connectivity index (χ3v) is 7.53. The van der Waals surface area contributed by atoms with Gasteiger partial charge in [0.05, 0.1) is 10.7 Å². The van der Waals surface area contributed by atoms with Gasteiger partial charge < -0.3 is 14.2 Å². The lowest BCUT2D eigenvalue weighted by atomic mass is 9.73. The molecule has 34 heavy (non-hydrogen) atoms. The molecule has 176 valence electrons. The first-order valence-corrected chi connectivity index (χ1v) is 12.8. The minimum absolute atomic E-state index is 0.0739. The number of halogens is 1. The summed E-state index contributed by atoms with van der Waals surface area (Å²) in [4.78, 5) is 26.1. The second-order valence-corrected chi connectivity index (χ2v) is 10.2. The number of aryl methyl sites for hydroxylation is 1. The Kier molecular flexibility index (Phi) is 6.51. The van der Waals surface area contributed by atoms with Crippen LogP contribution in [0.15, 0.2) is 59.1 Å². The molecule has 0 bridgehead atoms. The van der Waals surface area contributed by atoms with Gasteiger partial charge in [-0.3, -0.25) is 9.59 Å². The zero-order valence-corrected chi connectivity index (χ0v) is 21.6. The predicted molar refractivity (Wildman–Crippen MR) is 137 cm³/mol. The van der Waals surface area contributed by atoms with Crippen molar-refractivity contribution in [3.8, 4) is 11.5 Å². The maximum atomic E-state index is 13.1. The molecule has 0 saturated carbocycles. The van der Waals surface area contributed by atoms with Crippen molar-refractivity contribution in [3.05, 3.63) is 79.3 Å². The van der Waals surface area contributed by atoms with E-state index in [2.05, 4.69) is 53.8 Å². The summed E-state index contributed by atoms with van der Waals surface area (Å²) in [6, 6.07) is 12.2. The van der Waals surface area contributed by atoms with E-state index >= 15 is 0 Å². The number of ether oxygens (including phenoxy) is 3. The van der Waals surface area contributed by atoms with Crippen molar-refractivity contribution in [2.75, 3.05) is 7.11 Å². The molecule has 0 amide bonds. The Balaban J connectivity index is 1.55. The van der Waals surface area contributed by atoms with Crippen LogP contribution in [0.4, 0.5) is 0 Å². The number of hydrogen-bond donors (Lipinski definition) is 0. The molecule has 0 aromatic heterocycles. The third-order valence-electron chi connectivity index (χ3n) is 6.73. The summed E-state index contributed by atoms with van der Waals surface area (Å²) in [7, 11) is 1.62. The van der Waals surface area contributed by atoms with E-state index in [0.29, 0.717) is 42.1 Å². The van der Waals surface area contributed by atoms with Crippen molar-refractivity contribution in [1.82, 2.24) is 0 Å². The molecule has 2 aromatic carbocycles. The van der Waals surface area contributed by atoms with Crippen LogP contribution in [0, 0.1) is 10.5 Å². The number of ketones is 2.